The molecule has 0 aliphatic carbocycles. The van der Waals surface area contributed by atoms with Gasteiger partial charge in [0, 0.05) is 15.5 Å². The number of amides is 1. The maximum Gasteiger partial charge on any atom is 0.251 e. The molecule has 108 valence electrons. The van der Waals surface area contributed by atoms with Crippen LogP contribution in [0.4, 0.5) is 0 Å². The van der Waals surface area contributed by atoms with E-state index in [1.54, 1.807) is 23.5 Å². The van der Waals surface area contributed by atoms with Gasteiger partial charge in [0.15, 0.2) is 0 Å². The fourth-order valence-electron chi connectivity index (χ4n) is 1.78. The first-order valence-corrected chi connectivity index (χ1v) is 7.61. The first kappa shape index (κ1) is 15.6. The van der Waals surface area contributed by atoms with E-state index in [0.717, 1.165) is 15.3 Å². The largest absolute Gasteiger partial charge is 0.347 e. The quantitative estimate of drug-likeness (QED) is 0.855. The summed E-state index contributed by atoms with van der Waals surface area (Å²) in [6.45, 7) is 2.70. The molecule has 2 aromatic rings. The van der Waals surface area contributed by atoms with Crippen molar-refractivity contribution < 1.29 is 4.79 Å². The minimum atomic E-state index is -0.127. The molecule has 0 aliphatic rings. The van der Waals surface area contributed by atoms with Crippen molar-refractivity contribution in [3.8, 4) is 11.8 Å². The fraction of sp³-hybridized carbons (Fsp3) is 0.188. The summed E-state index contributed by atoms with van der Waals surface area (Å²) in [7, 11) is 0. The molecule has 1 aromatic heterocycles. The van der Waals surface area contributed by atoms with Crippen LogP contribution in [0, 0.1) is 18.8 Å². The van der Waals surface area contributed by atoms with E-state index < -0.39 is 0 Å². The van der Waals surface area contributed by atoms with Gasteiger partial charge in [-0.15, -0.1) is 11.3 Å². The number of hydrogen-bond acceptors (Lipinski definition) is 3. The van der Waals surface area contributed by atoms with Crippen LogP contribution >= 0.6 is 22.9 Å². The van der Waals surface area contributed by atoms with E-state index in [2.05, 4.69) is 17.2 Å². The lowest BCUT2D eigenvalue weighted by molar-refractivity contribution is 0.0950. The second-order valence-electron chi connectivity index (χ2n) is 4.41. The van der Waals surface area contributed by atoms with Crippen molar-refractivity contribution in [2.24, 2.45) is 5.73 Å². The van der Waals surface area contributed by atoms with Gasteiger partial charge in [0.1, 0.15) is 0 Å². The second kappa shape index (κ2) is 7.28. The lowest BCUT2D eigenvalue weighted by Crippen LogP contribution is -2.23. The second-order valence-corrected chi connectivity index (χ2v) is 6.02. The number of aryl methyl sites for hydroxylation is 1. The SMILES string of the molecule is Cc1ccc(Cl)cc1C(=O)NCc1ccc(C#CCN)s1. The molecule has 0 fully saturated rings. The zero-order chi connectivity index (χ0) is 15.2. The highest BCUT2D eigenvalue weighted by Crippen LogP contribution is 2.17. The fourth-order valence-corrected chi connectivity index (χ4v) is 2.77. The third-order valence-corrected chi connectivity index (χ3v) is 4.08. The van der Waals surface area contributed by atoms with Gasteiger partial charge >= 0.3 is 0 Å². The molecule has 0 aliphatic heterocycles. The van der Waals surface area contributed by atoms with Crippen molar-refractivity contribution in [1.82, 2.24) is 5.32 Å². The first-order valence-electron chi connectivity index (χ1n) is 6.42. The maximum atomic E-state index is 12.2. The van der Waals surface area contributed by atoms with Crippen molar-refractivity contribution in [2.75, 3.05) is 6.54 Å². The summed E-state index contributed by atoms with van der Waals surface area (Å²) in [5.41, 5.74) is 6.84. The predicted octanol–water partition coefficient (Wildman–Crippen LogP) is 2.95. The Bertz CT molecular complexity index is 713. The van der Waals surface area contributed by atoms with Gasteiger partial charge in [-0.3, -0.25) is 4.79 Å². The van der Waals surface area contributed by atoms with Crippen LogP contribution in [0.3, 0.4) is 0 Å². The predicted molar refractivity (Wildman–Crippen MR) is 87.6 cm³/mol. The molecule has 21 heavy (non-hydrogen) atoms. The Morgan fingerprint density at radius 2 is 2.19 bits per heavy atom. The maximum absolute atomic E-state index is 12.2. The van der Waals surface area contributed by atoms with Crippen LogP contribution in [0.1, 0.15) is 25.7 Å². The Labute approximate surface area is 133 Å². The summed E-state index contributed by atoms with van der Waals surface area (Å²) < 4.78 is 0. The monoisotopic (exact) mass is 318 g/mol. The number of benzene rings is 1. The molecule has 0 saturated heterocycles. The van der Waals surface area contributed by atoms with E-state index in [-0.39, 0.29) is 5.91 Å². The molecule has 0 saturated carbocycles. The number of nitrogens with one attached hydrogen (secondary N) is 1. The number of hydrogen-bond donors (Lipinski definition) is 2. The van der Waals surface area contributed by atoms with Gasteiger partial charge in [-0.2, -0.15) is 0 Å². The van der Waals surface area contributed by atoms with Crippen LogP contribution in [-0.2, 0) is 6.54 Å². The number of halogens is 1. The molecule has 3 N–H and O–H groups in total. The molecular weight excluding hydrogens is 304 g/mol. The highest BCUT2D eigenvalue weighted by atomic mass is 35.5. The van der Waals surface area contributed by atoms with Gasteiger partial charge in [0.05, 0.1) is 18.0 Å². The average molecular weight is 319 g/mol. The molecule has 1 heterocycles. The van der Waals surface area contributed by atoms with Gasteiger partial charge < -0.3 is 11.1 Å². The van der Waals surface area contributed by atoms with Crippen LogP contribution in [-0.4, -0.2) is 12.5 Å². The highest BCUT2D eigenvalue weighted by Gasteiger charge is 2.09. The minimum absolute atomic E-state index is 0.127. The van der Waals surface area contributed by atoms with Gasteiger partial charge in [-0.05, 0) is 36.8 Å². The topological polar surface area (TPSA) is 55.1 Å². The average Bonchev–Trinajstić information content (AvgIpc) is 2.93. The lowest BCUT2D eigenvalue weighted by Gasteiger charge is -2.07. The summed E-state index contributed by atoms with van der Waals surface area (Å²) in [6, 6.07) is 9.17. The van der Waals surface area contributed by atoms with E-state index in [4.69, 9.17) is 17.3 Å². The van der Waals surface area contributed by atoms with Crippen molar-refractivity contribution in [3.05, 3.63) is 56.2 Å². The molecule has 3 nitrogen and oxygen atoms in total. The van der Waals surface area contributed by atoms with Gasteiger partial charge in [0.2, 0.25) is 0 Å². The van der Waals surface area contributed by atoms with Gasteiger partial charge in [-0.1, -0.05) is 29.5 Å². The summed E-state index contributed by atoms with van der Waals surface area (Å²) in [5, 5.41) is 3.45. The standard InChI is InChI=1S/C16H15ClN2OS/c1-11-4-5-12(17)9-15(11)16(20)19-10-14-7-6-13(21-14)3-2-8-18/h4-7,9H,8,10,18H2,1H3,(H,19,20). The molecule has 5 heteroatoms. The Morgan fingerprint density at radius 1 is 1.38 bits per heavy atom. The molecule has 1 amide bonds. The number of nitrogens with two attached hydrogens (primary N) is 1. The van der Waals surface area contributed by atoms with Crippen LogP contribution in [0.5, 0.6) is 0 Å². The zero-order valence-corrected chi connectivity index (χ0v) is 13.1. The molecule has 0 unspecified atom stereocenters. The summed E-state index contributed by atoms with van der Waals surface area (Å²) in [4.78, 5) is 14.2. The third-order valence-electron chi connectivity index (χ3n) is 2.84. The number of thiophene rings is 1. The van der Waals surface area contributed by atoms with Crippen molar-refractivity contribution in [2.45, 2.75) is 13.5 Å². The number of rotatable bonds is 3. The highest BCUT2D eigenvalue weighted by molar-refractivity contribution is 7.12. The van der Waals surface area contributed by atoms with Crippen LogP contribution in [0.25, 0.3) is 0 Å². The molecular formula is C16H15ClN2OS. The summed E-state index contributed by atoms with van der Waals surface area (Å²) in [5.74, 6) is 5.66. The van der Waals surface area contributed by atoms with E-state index in [9.17, 15) is 4.79 Å². The Kier molecular flexibility index (Phi) is 5.40. The van der Waals surface area contributed by atoms with E-state index >= 15 is 0 Å². The number of carbonyl (C=O) groups is 1. The summed E-state index contributed by atoms with van der Waals surface area (Å²) in [6.07, 6.45) is 0. The van der Waals surface area contributed by atoms with Crippen molar-refractivity contribution in [1.29, 1.82) is 0 Å². The molecule has 0 bridgehead atoms. The molecule has 0 atom stereocenters. The van der Waals surface area contributed by atoms with Gasteiger partial charge in [-0.25, -0.2) is 0 Å². The van der Waals surface area contributed by atoms with Crippen LogP contribution < -0.4 is 11.1 Å². The van der Waals surface area contributed by atoms with E-state index in [0.29, 0.717) is 23.7 Å². The van der Waals surface area contributed by atoms with Crippen molar-refractivity contribution in [3.63, 3.8) is 0 Å². The summed E-state index contributed by atoms with van der Waals surface area (Å²) >= 11 is 7.47. The van der Waals surface area contributed by atoms with E-state index in [1.165, 1.54) is 0 Å². The van der Waals surface area contributed by atoms with E-state index in [1.807, 2.05) is 25.1 Å². The lowest BCUT2D eigenvalue weighted by atomic mass is 10.1. The minimum Gasteiger partial charge on any atom is -0.347 e. The third kappa shape index (κ3) is 4.33. The normalized spacial score (nSPS) is 9.86. The van der Waals surface area contributed by atoms with Crippen LogP contribution in [0.15, 0.2) is 30.3 Å². The molecule has 0 radical (unpaired) electrons. The Morgan fingerprint density at radius 3 is 2.95 bits per heavy atom. The smallest absolute Gasteiger partial charge is 0.251 e. The Hall–Kier alpha value is -1.80. The number of carbonyl (C=O) groups excluding carboxylic acids is 1. The van der Waals surface area contributed by atoms with Gasteiger partial charge in [0.25, 0.3) is 5.91 Å². The Balaban J connectivity index is 2.01. The van der Waals surface area contributed by atoms with Crippen molar-refractivity contribution >= 4 is 28.8 Å². The molecule has 1 aromatic carbocycles. The zero-order valence-electron chi connectivity index (χ0n) is 11.6. The van der Waals surface area contributed by atoms with Crippen LogP contribution in [0.2, 0.25) is 5.02 Å². The molecule has 0 spiro atoms. The molecule has 2 rings (SSSR count). The first-order chi connectivity index (χ1) is 10.1.